The molecule has 0 aliphatic heterocycles. The molecule has 0 aliphatic carbocycles. The van der Waals surface area contributed by atoms with Crippen molar-refractivity contribution in [3.05, 3.63) is 72.9 Å². The van der Waals surface area contributed by atoms with Gasteiger partial charge in [0.2, 0.25) is 0 Å². The van der Waals surface area contributed by atoms with Gasteiger partial charge in [-0.2, -0.15) is 0 Å². The van der Waals surface area contributed by atoms with Gasteiger partial charge >= 0.3 is 19.8 Å². The minimum absolute atomic E-state index is 0.136. The van der Waals surface area contributed by atoms with E-state index in [0.29, 0.717) is 12.8 Å². The van der Waals surface area contributed by atoms with E-state index in [1.165, 1.54) is 141 Å². The molecule has 1 atom stereocenters. The Morgan fingerprint density at radius 2 is 0.783 bits per heavy atom. The van der Waals surface area contributed by atoms with Crippen LogP contribution in [0.4, 0.5) is 0 Å². The Kier molecular flexibility index (Phi) is 44.1. The molecule has 8 nitrogen and oxygen atoms in total. The summed E-state index contributed by atoms with van der Waals surface area (Å²) in [7, 11) is -4.79. The van der Waals surface area contributed by atoms with E-state index in [0.717, 1.165) is 38.5 Å². The molecular formula is C51H89O8P. The molecule has 0 aromatic heterocycles. The lowest BCUT2D eigenvalue weighted by Crippen LogP contribution is -2.29. The molecule has 2 N–H and O–H groups in total. The molecule has 9 heteroatoms. The van der Waals surface area contributed by atoms with Crippen molar-refractivity contribution < 1.29 is 37.9 Å². The van der Waals surface area contributed by atoms with Gasteiger partial charge in [-0.05, 0) is 70.6 Å². The first-order valence-corrected chi connectivity index (χ1v) is 25.8. The molecule has 60 heavy (non-hydrogen) atoms. The Hall–Kier alpha value is -2.51. The Bertz CT molecular complexity index is 1200. The standard InChI is InChI=1S/C51H89O8P/c1-3-5-7-9-11-13-15-17-19-21-23-24-25-26-28-30-32-34-36-38-40-42-44-46-51(53)59-49(48-58-60(54,55)56)47-57-50(52)45-43-41-39-37-35-33-31-29-27-22-20-18-16-14-12-10-8-6-4-2/h12,14,18,20,27,29,33,35,38-41,49H,3-11,13,15-17,19,21-26,28,30-32,34,36-37,42-48H2,1-2H3,(H2,54,55,56)/b14-12+,20-18+,29-27+,35-33+,40-38+,41-39+/t49-/m1/s1. The highest BCUT2D eigenvalue weighted by molar-refractivity contribution is 7.46. The van der Waals surface area contributed by atoms with Crippen LogP contribution in [-0.4, -0.2) is 41.0 Å². The normalized spacial score (nSPS) is 13.1. The fourth-order valence-electron chi connectivity index (χ4n) is 6.60. The summed E-state index contributed by atoms with van der Waals surface area (Å²) in [6.45, 7) is 3.59. The smallest absolute Gasteiger partial charge is 0.462 e. The first-order valence-electron chi connectivity index (χ1n) is 24.2. The summed E-state index contributed by atoms with van der Waals surface area (Å²) < 4.78 is 26.4. The van der Waals surface area contributed by atoms with Crippen molar-refractivity contribution >= 4 is 19.8 Å². The summed E-state index contributed by atoms with van der Waals surface area (Å²) in [6.07, 6.45) is 60.9. The highest BCUT2D eigenvalue weighted by atomic mass is 31.2. The van der Waals surface area contributed by atoms with Crippen molar-refractivity contribution in [1.82, 2.24) is 0 Å². The number of rotatable bonds is 44. The molecule has 346 valence electrons. The second-order valence-corrected chi connectivity index (χ2v) is 17.3. The first-order chi connectivity index (χ1) is 29.3. The lowest BCUT2D eigenvalue weighted by molar-refractivity contribution is -0.161. The quantitative estimate of drug-likeness (QED) is 0.0269. The second-order valence-electron chi connectivity index (χ2n) is 16.1. The maximum atomic E-state index is 12.4. The number of phosphoric ester groups is 1. The van der Waals surface area contributed by atoms with E-state index in [1.54, 1.807) is 0 Å². The van der Waals surface area contributed by atoms with E-state index < -0.39 is 32.5 Å². The molecule has 0 spiro atoms. The van der Waals surface area contributed by atoms with Crippen LogP contribution in [0, 0.1) is 0 Å². The van der Waals surface area contributed by atoms with E-state index in [2.05, 4.69) is 79.1 Å². The number of hydrogen-bond donors (Lipinski definition) is 2. The van der Waals surface area contributed by atoms with Crippen LogP contribution in [0.3, 0.4) is 0 Å². The average molecular weight is 861 g/mol. The predicted octanol–water partition coefficient (Wildman–Crippen LogP) is 15.4. The van der Waals surface area contributed by atoms with Gasteiger partial charge in [-0.1, -0.05) is 209 Å². The number of carbonyl (C=O) groups is 2. The summed E-state index contributed by atoms with van der Waals surface area (Å²) in [5, 5.41) is 0. The zero-order valence-corrected chi connectivity index (χ0v) is 39.2. The van der Waals surface area contributed by atoms with E-state index >= 15 is 0 Å². The minimum Gasteiger partial charge on any atom is -0.462 e. The van der Waals surface area contributed by atoms with Crippen LogP contribution in [-0.2, 0) is 28.2 Å². The molecule has 0 rings (SSSR count). The third-order valence-corrected chi connectivity index (χ3v) is 10.7. The van der Waals surface area contributed by atoms with Crippen LogP contribution in [0.25, 0.3) is 0 Å². The maximum absolute atomic E-state index is 12.4. The monoisotopic (exact) mass is 861 g/mol. The van der Waals surface area contributed by atoms with Gasteiger partial charge in [-0.25, -0.2) is 4.57 Å². The molecule has 0 amide bonds. The summed E-state index contributed by atoms with van der Waals surface area (Å²) in [5.41, 5.74) is 0. The molecule has 0 radical (unpaired) electrons. The van der Waals surface area contributed by atoms with Crippen molar-refractivity contribution in [3.8, 4) is 0 Å². The summed E-state index contributed by atoms with van der Waals surface area (Å²) >= 11 is 0. The topological polar surface area (TPSA) is 119 Å². The third-order valence-electron chi connectivity index (χ3n) is 10.2. The van der Waals surface area contributed by atoms with Crippen LogP contribution < -0.4 is 0 Å². The zero-order chi connectivity index (χ0) is 43.9. The van der Waals surface area contributed by atoms with Crippen molar-refractivity contribution in [3.63, 3.8) is 0 Å². The maximum Gasteiger partial charge on any atom is 0.469 e. The molecule has 0 heterocycles. The van der Waals surface area contributed by atoms with Crippen LogP contribution >= 0.6 is 7.82 Å². The molecular weight excluding hydrogens is 772 g/mol. The van der Waals surface area contributed by atoms with E-state index in [4.69, 9.17) is 19.3 Å². The number of ether oxygens (including phenoxy) is 2. The van der Waals surface area contributed by atoms with Crippen LogP contribution in [0.15, 0.2) is 72.9 Å². The number of phosphoric acid groups is 1. The number of carbonyl (C=O) groups excluding carboxylic acids is 2. The van der Waals surface area contributed by atoms with Crippen LogP contribution in [0.5, 0.6) is 0 Å². The van der Waals surface area contributed by atoms with Crippen LogP contribution in [0.2, 0.25) is 0 Å². The van der Waals surface area contributed by atoms with Crippen LogP contribution in [0.1, 0.15) is 219 Å². The summed E-state index contributed by atoms with van der Waals surface area (Å²) in [6, 6.07) is 0. The van der Waals surface area contributed by atoms with Gasteiger partial charge in [0.15, 0.2) is 6.10 Å². The fourth-order valence-corrected chi connectivity index (χ4v) is 6.96. The van der Waals surface area contributed by atoms with Gasteiger partial charge in [0, 0.05) is 12.8 Å². The van der Waals surface area contributed by atoms with E-state index in [9.17, 15) is 14.2 Å². The van der Waals surface area contributed by atoms with Gasteiger partial charge in [-0.3, -0.25) is 14.1 Å². The van der Waals surface area contributed by atoms with Gasteiger partial charge in [0.1, 0.15) is 6.61 Å². The lowest BCUT2D eigenvalue weighted by atomic mass is 10.0. The van der Waals surface area contributed by atoms with E-state index in [-0.39, 0.29) is 19.4 Å². The molecule has 0 fully saturated rings. The molecule has 0 aromatic rings. The van der Waals surface area contributed by atoms with Crippen molar-refractivity contribution in [1.29, 1.82) is 0 Å². The molecule has 0 saturated heterocycles. The van der Waals surface area contributed by atoms with Crippen molar-refractivity contribution in [2.24, 2.45) is 0 Å². The van der Waals surface area contributed by atoms with Gasteiger partial charge in [0.25, 0.3) is 0 Å². The Balaban J connectivity index is 3.97. The third kappa shape index (κ3) is 48.2. The summed E-state index contributed by atoms with van der Waals surface area (Å²) in [4.78, 5) is 42.9. The highest BCUT2D eigenvalue weighted by Gasteiger charge is 2.22. The number of allylic oxidation sites excluding steroid dienone is 12. The fraction of sp³-hybridized carbons (Fsp3) is 0.725. The molecule has 0 bridgehead atoms. The van der Waals surface area contributed by atoms with Gasteiger partial charge in [0.05, 0.1) is 6.61 Å². The number of hydrogen-bond acceptors (Lipinski definition) is 6. The highest BCUT2D eigenvalue weighted by Crippen LogP contribution is 2.36. The number of esters is 2. The molecule has 0 aliphatic rings. The molecule has 0 aromatic carbocycles. The lowest BCUT2D eigenvalue weighted by Gasteiger charge is -2.18. The van der Waals surface area contributed by atoms with Gasteiger partial charge in [-0.15, -0.1) is 0 Å². The Labute approximate surface area is 368 Å². The van der Waals surface area contributed by atoms with Crippen molar-refractivity contribution in [2.45, 2.75) is 225 Å². The largest absolute Gasteiger partial charge is 0.469 e. The predicted molar refractivity (Wildman–Crippen MR) is 253 cm³/mol. The first kappa shape index (κ1) is 57.5. The molecule has 0 unspecified atom stereocenters. The van der Waals surface area contributed by atoms with Gasteiger partial charge < -0.3 is 19.3 Å². The SMILES string of the molecule is CCCCC/C=C/C/C=C/C/C=C/C/C=C/C/C=C/CCC(=O)OC[C@H](COP(=O)(O)O)OC(=O)CCC/C=C/CCCCCCCCCCCCCCCCCCCC. The second kappa shape index (κ2) is 46.0. The Morgan fingerprint density at radius 3 is 1.23 bits per heavy atom. The van der Waals surface area contributed by atoms with Crippen molar-refractivity contribution in [2.75, 3.05) is 13.2 Å². The number of unbranched alkanes of at least 4 members (excludes halogenated alkanes) is 22. The van der Waals surface area contributed by atoms with E-state index in [1.807, 2.05) is 12.2 Å². The minimum atomic E-state index is -4.79. The molecule has 0 saturated carbocycles. The Morgan fingerprint density at radius 1 is 0.433 bits per heavy atom. The average Bonchev–Trinajstić information content (AvgIpc) is 3.22. The summed E-state index contributed by atoms with van der Waals surface area (Å²) in [5.74, 6) is -1.02. The zero-order valence-electron chi connectivity index (χ0n) is 38.3.